The molecule has 0 aromatic heterocycles. The highest BCUT2D eigenvalue weighted by atomic mass is 19.4. The molecule has 0 bridgehead atoms. The van der Waals surface area contributed by atoms with Gasteiger partial charge in [-0.1, -0.05) is 0 Å². The largest absolute Gasteiger partial charge is 0.573 e. The molecule has 0 fully saturated rings. The summed E-state index contributed by atoms with van der Waals surface area (Å²) in [6.45, 7) is 0. The van der Waals surface area contributed by atoms with Gasteiger partial charge in [-0.15, -0.1) is 13.2 Å². The van der Waals surface area contributed by atoms with E-state index in [4.69, 9.17) is 14.6 Å². The molecule has 0 aliphatic carbocycles. The van der Waals surface area contributed by atoms with Gasteiger partial charge in [0.25, 0.3) is 0 Å². The van der Waals surface area contributed by atoms with E-state index in [2.05, 4.69) is 9.47 Å². The molecule has 27 heavy (non-hydrogen) atoms. The van der Waals surface area contributed by atoms with E-state index in [0.717, 1.165) is 38.5 Å². The standard InChI is InChI=1S/C16H11F5O6/c1-24-9-5-7(27-16(19,20)21)3-4-8(9)26-10-6-11(25-2)13(17)14(18)12(10)15(22)23/h3-6H,1-2H3,(H,22,23). The zero-order chi connectivity index (χ0) is 20.4. The lowest BCUT2D eigenvalue weighted by molar-refractivity contribution is -0.274. The molecular formula is C16H11F5O6. The number of hydrogen-bond donors (Lipinski definition) is 1. The Balaban J connectivity index is 2.50. The van der Waals surface area contributed by atoms with Gasteiger partial charge in [0, 0.05) is 12.1 Å². The van der Waals surface area contributed by atoms with Crippen LogP contribution in [-0.2, 0) is 0 Å². The fraction of sp³-hybridized carbons (Fsp3) is 0.188. The van der Waals surface area contributed by atoms with Crippen LogP contribution in [0.25, 0.3) is 0 Å². The average molecular weight is 394 g/mol. The normalized spacial score (nSPS) is 11.1. The first-order valence-corrected chi connectivity index (χ1v) is 6.98. The van der Waals surface area contributed by atoms with Crippen molar-refractivity contribution in [1.29, 1.82) is 0 Å². The van der Waals surface area contributed by atoms with Crippen LogP contribution >= 0.6 is 0 Å². The van der Waals surface area contributed by atoms with Gasteiger partial charge < -0.3 is 24.1 Å². The number of hydrogen-bond acceptors (Lipinski definition) is 5. The lowest BCUT2D eigenvalue weighted by atomic mass is 10.1. The van der Waals surface area contributed by atoms with Crippen LogP contribution in [0.3, 0.4) is 0 Å². The maximum atomic E-state index is 14.0. The molecule has 0 unspecified atom stereocenters. The van der Waals surface area contributed by atoms with Crippen LogP contribution in [0.4, 0.5) is 22.0 Å². The van der Waals surface area contributed by atoms with Gasteiger partial charge in [-0.25, -0.2) is 9.18 Å². The van der Waals surface area contributed by atoms with Crippen LogP contribution < -0.4 is 18.9 Å². The summed E-state index contributed by atoms with van der Waals surface area (Å²) < 4.78 is 83.0. The summed E-state index contributed by atoms with van der Waals surface area (Å²) >= 11 is 0. The Hall–Kier alpha value is -3.24. The van der Waals surface area contributed by atoms with E-state index in [1.807, 2.05) is 0 Å². The molecule has 146 valence electrons. The van der Waals surface area contributed by atoms with Crippen LogP contribution in [0.5, 0.6) is 28.7 Å². The number of carbonyl (C=O) groups is 1. The topological polar surface area (TPSA) is 74.2 Å². The second-order valence-corrected chi connectivity index (χ2v) is 4.85. The second kappa shape index (κ2) is 7.56. The number of benzene rings is 2. The zero-order valence-electron chi connectivity index (χ0n) is 13.7. The summed E-state index contributed by atoms with van der Waals surface area (Å²) in [7, 11) is 2.12. The van der Waals surface area contributed by atoms with Gasteiger partial charge in [-0.3, -0.25) is 0 Å². The molecule has 0 saturated heterocycles. The molecule has 0 aliphatic rings. The first kappa shape index (κ1) is 20.1. The van der Waals surface area contributed by atoms with Gasteiger partial charge in [-0.2, -0.15) is 4.39 Å². The van der Waals surface area contributed by atoms with Crippen molar-refractivity contribution in [3.8, 4) is 28.7 Å². The lowest BCUT2D eigenvalue weighted by Gasteiger charge is -2.16. The number of methoxy groups -OCH3 is 2. The Morgan fingerprint density at radius 1 is 0.926 bits per heavy atom. The SMILES string of the molecule is COc1cc(OC(F)(F)F)ccc1Oc1cc(OC)c(F)c(F)c1C(=O)O. The fourth-order valence-electron chi connectivity index (χ4n) is 2.06. The van der Waals surface area contributed by atoms with Crippen molar-refractivity contribution in [3.05, 3.63) is 41.5 Å². The number of alkyl halides is 3. The highest BCUT2D eigenvalue weighted by molar-refractivity contribution is 5.91. The van der Waals surface area contributed by atoms with E-state index in [-0.39, 0.29) is 11.5 Å². The maximum absolute atomic E-state index is 14.0. The molecule has 0 spiro atoms. The summed E-state index contributed by atoms with van der Waals surface area (Å²) in [5.74, 6) is -7.58. The summed E-state index contributed by atoms with van der Waals surface area (Å²) in [6, 6.07) is 3.43. The molecule has 0 atom stereocenters. The third-order valence-corrected chi connectivity index (χ3v) is 3.16. The number of carboxylic acids is 1. The molecule has 1 N–H and O–H groups in total. The van der Waals surface area contributed by atoms with Crippen molar-refractivity contribution in [1.82, 2.24) is 0 Å². The minimum atomic E-state index is -4.95. The monoisotopic (exact) mass is 394 g/mol. The predicted molar refractivity (Wildman–Crippen MR) is 79.6 cm³/mol. The minimum Gasteiger partial charge on any atom is -0.493 e. The molecule has 11 heteroatoms. The van der Waals surface area contributed by atoms with Crippen molar-refractivity contribution < 1.29 is 50.8 Å². The first-order valence-electron chi connectivity index (χ1n) is 6.98. The van der Waals surface area contributed by atoms with Gasteiger partial charge in [0.05, 0.1) is 14.2 Å². The van der Waals surface area contributed by atoms with Gasteiger partial charge in [0.2, 0.25) is 5.82 Å². The maximum Gasteiger partial charge on any atom is 0.573 e. The quantitative estimate of drug-likeness (QED) is 0.734. The van der Waals surface area contributed by atoms with Gasteiger partial charge in [-0.05, 0) is 12.1 Å². The lowest BCUT2D eigenvalue weighted by Crippen LogP contribution is -2.17. The molecule has 0 heterocycles. The van der Waals surface area contributed by atoms with E-state index in [0.29, 0.717) is 0 Å². The number of aromatic carboxylic acids is 1. The minimum absolute atomic E-state index is 0.275. The molecule has 0 radical (unpaired) electrons. The van der Waals surface area contributed by atoms with E-state index >= 15 is 0 Å². The van der Waals surface area contributed by atoms with Crippen LogP contribution in [-0.4, -0.2) is 31.7 Å². The van der Waals surface area contributed by atoms with Crippen molar-refractivity contribution in [2.75, 3.05) is 14.2 Å². The fourth-order valence-corrected chi connectivity index (χ4v) is 2.06. The molecule has 0 aliphatic heterocycles. The smallest absolute Gasteiger partial charge is 0.493 e. The second-order valence-electron chi connectivity index (χ2n) is 4.85. The van der Waals surface area contributed by atoms with E-state index < -0.39 is 46.8 Å². The number of carboxylic acid groups (broad SMARTS) is 1. The Labute approximate surface area is 148 Å². The third kappa shape index (κ3) is 4.49. The van der Waals surface area contributed by atoms with Crippen LogP contribution in [0.15, 0.2) is 24.3 Å². The molecule has 0 amide bonds. The van der Waals surface area contributed by atoms with Gasteiger partial charge >= 0.3 is 12.3 Å². The number of rotatable bonds is 6. The Bertz CT molecular complexity index is 865. The van der Waals surface area contributed by atoms with E-state index in [1.165, 1.54) is 0 Å². The zero-order valence-corrected chi connectivity index (χ0v) is 13.7. The number of ether oxygens (including phenoxy) is 4. The molecule has 2 aromatic rings. The summed E-state index contributed by atoms with van der Waals surface area (Å²) in [6.07, 6.45) is -4.95. The molecule has 2 rings (SSSR count). The summed E-state index contributed by atoms with van der Waals surface area (Å²) in [4.78, 5) is 11.2. The van der Waals surface area contributed by atoms with Gasteiger partial charge in [0.15, 0.2) is 23.1 Å². The first-order chi connectivity index (χ1) is 12.6. The van der Waals surface area contributed by atoms with Crippen molar-refractivity contribution >= 4 is 5.97 Å². The predicted octanol–water partition coefficient (Wildman–Crippen LogP) is 4.37. The molecule has 2 aromatic carbocycles. The van der Waals surface area contributed by atoms with Crippen LogP contribution in [0.2, 0.25) is 0 Å². The van der Waals surface area contributed by atoms with Crippen LogP contribution in [0, 0.1) is 11.6 Å². The van der Waals surface area contributed by atoms with E-state index in [9.17, 15) is 26.7 Å². The molecular weight excluding hydrogens is 383 g/mol. The number of halogens is 5. The van der Waals surface area contributed by atoms with Crippen molar-refractivity contribution in [2.24, 2.45) is 0 Å². The Morgan fingerprint density at radius 2 is 1.56 bits per heavy atom. The Kier molecular flexibility index (Phi) is 5.62. The summed E-state index contributed by atoms with van der Waals surface area (Å²) in [5, 5.41) is 9.11. The van der Waals surface area contributed by atoms with E-state index in [1.54, 1.807) is 0 Å². The molecule has 0 saturated carbocycles. The summed E-state index contributed by atoms with van der Waals surface area (Å²) in [5.41, 5.74) is -1.13. The third-order valence-electron chi connectivity index (χ3n) is 3.16. The highest BCUT2D eigenvalue weighted by Crippen LogP contribution is 2.39. The van der Waals surface area contributed by atoms with Crippen molar-refractivity contribution in [3.63, 3.8) is 0 Å². The Morgan fingerprint density at radius 3 is 2.07 bits per heavy atom. The molecule has 6 nitrogen and oxygen atoms in total. The van der Waals surface area contributed by atoms with Crippen molar-refractivity contribution in [2.45, 2.75) is 6.36 Å². The highest BCUT2D eigenvalue weighted by Gasteiger charge is 2.32. The average Bonchev–Trinajstić information content (AvgIpc) is 2.57. The van der Waals surface area contributed by atoms with Gasteiger partial charge in [0.1, 0.15) is 17.1 Å². The van der Waals surface area contributed by atoms with Crippen LogP contribution in [0.1, 0.15) is 10.4 Å².